The Hall–Kier alpha value is -2.92. The molecule has 4 aliphatic heterocycles. The Balaban J connectivity index is 1.58. The highest BCUT2D eigenvalue weighted by atomic mass is 19.1. The highest BCUT2D eigenvalue weighted by molar-refractivity contribution is 6.23. The first-order valence-corrected chi connectivity index (χ1v) is 8.74. The number of nitrogens with zero attached hydrogens (tertiary/aromatic N) is 2. The molecule has 4 atom stereocenters. The summed E-state index contributed by atoms with van der Waals surface area (Å²) < 4.78 is 25.7. The van der Waals surface area contributed by atoms with Crippen LogP contribution < -0.4 is 14.5 Å². The predicted molar refractivity (Wildman–Crippen MR) is 90.4 cm³/mol. The van der Waals surface area contributed by atoms with Crippen molar-refractivity contribution in [2.45, 2.75) is 25.0 Å². The second-order valence-electron chi connectivity index (χ2n) is 7.10. The van der Waals surface area contributed by atoms with Gasteiger partial charge in [-0.1, -0.05) is 5.92 Å². The van der Waals surface area contributed by atoms with Crippen molar-refractivity contribution >= 4 is 29.1 Å². The first kappa shape index (κ1) is 16.3. The van der Waals surface area contributed by atoms with Crippen LogP contribution in [0.3, 0.4) is 0 Å². The fourth-order valence-electron chi connectivity index (χ4n) is 4.60. The number of halogens is 1. The van der Waals surface area contributed by atoms with Gasteiger partial charge >= 0.3 is 0 Å². The Morgan fingerprint density at radius 3 is 2.41 bits per heavy atom. The van der Waals surface area contributed by atoms with Crippen molar-refractivity contribution in [2.24, 2.45) is 11.8 Å². The van der Waals surface area contributed by atoms with Crippen molar-refractivity contribution in [2.75, 3.05) is 23.0 Å². The van der Waals surface area contributed by atoms with E-state index in [1.54, 1.807) is 0 Å². The summed E-state index contributed by atoms with van der Waals surface area (Å²) in [6.45, 7) is -0.273. The van der Waals surface area contributed by atoms with Crippen molar-refractivity contribution in [3.8, 4) is 18.1 Å². The lowest BCUT2D eigenvalue weighted by atomic mass is 9.81. The van der Waals surface area contributed by atoms with Crippen molar-refractivity contribution in [1.82, 2.24) is 0 Å². The summed E-state index contributed by atoms with van der Waals surface area (Å²) in [6.07, 6.45) is 6.20. The Morgan fingerprint density at radius 1 is 1.11 bits per heavy atom. The fraction of sp³-hybridized carbons (Fsp3) is 0.421. The van der Waals surface area contributed by atoms with Crippen molar-refractivity contribution in [1.29, 1.82) is 0 Å². The van der Waals surface area contributed by atoms with E-state index in [4.69, 9.17) is 15.9 Å². The zero-order valence-corrected chi connectivity index (χ0v) is 14.2. The molecule has 0 aromatic heterocycles. The summed E-state index contributed by atoms with van der Waals surface area (Å²) in [7, 11) is 0. The molecular weight excluding hydrogens is 355 g/mol. The summed E-state index contributed by atoms with van der Waals surface area (Å²) in [5, 5.41) is 0. The molecule has 0 N–H and O–H groups in total. The van der Waals surface area contributed by atoms with E-state index in [2.05, 4.69) is 5.92 Å². The van der Waals surface area contributed by atoms with E-state index in [0.717, 1.165) is 23.8 Å². The number of carbonyl (C=O) groups is 3. The molecular formula is C19H15FN2O5. The number of ether oxygens (including phenoxy) is 2. The molecule has 4 aliphatic rings. The van der Waals surface area contributed by atoms with Gasteiger partial charge in [0.1, 0.15) is 5.75 Å². The predicted octanol–water partition coefficient (Wildman–Crippen LogP) is 0.851. The molecule has 138 valence electrons. The van der Waals surface area contributed by atoms with Gasteiger partial charge in [-0.05, 0) is 18.9 Å². The number of terminal acetylenes is 1. The van der Waals surface area contributed by atoms with Crippen LogP contribution in [-0.2, 0) is 19.1 Å². The van der Waals surface area contributed by atoms with Gasteiger partial charge in [0.05, 0.1) is 42.0 Å². The number of hydrogen-bond donors (Lipinski definition) is 0. The number of fused-ring (bicyclic) bond motifs is 6. The van der Waals surface area contributed by atoms with Crippen LogP contribution in [0.4, 0.5) is 15.8 Å². The van der Waals surface area contributed by atoms with Crippen LogP contribution in [-0.4, -0.2) is 43.1 Å². The van der Waals surface area contributed by atoms with Gasteiger partial charge in [0.2, 0.25) is 11.8 Å². The van der Waals surface area contributed by atoms with E-state index in [1.807, 2.05) is 0 Å². The van der Waals surface area contributed by atoms with Gasteiger partial charge < -0.3 is 9.47 Å². The lowest BCUT2D eigenvalue weighted by molar-refractivity contribution is -0.125. The molecule has 8 heteroatoms. The minimum absolute atomic E-state index is 0.0224. The molecule has 5 rings (SSSR count). The van der Waals surface area contributed by atoms with Crippen molar-refractivity contribution in [3.05, 3.63) is 17.9 Å². The fourth-order valence-corrected chi connectivity index (χ4v) is 4.60. The third-order valence-electron chi connectivity index (χ3n) is 5.75. The SMILES string of the molecule is C#CCN1C(=O)COc2cc(F)c(N3C(=O)C4C5CCC(O5)C4C3=O)cc21. The zero-order chi connectivity index (χ0) is 18.9. The smallest absolute Gasteiger partial charge is 0.265 e. The van der Waals surface area contributed by atoms with Gasteiger partial charge in [0.15, 0.2) is 12.4 Å². The Bertz CT molecular complexity index is 911. The molecule has 3 saturated heterocycles. The molecule has 7 nitrogen and oxygen atoms in total. The van der Waals surface area contributed by atoms with Gasteiger partial charge in [-0.25, -0.2) is 9.29 Å². The zero-order valence-electron chi connectivity index (χ0n) is 14.2. The van der Waals surface area contributed by atoms with Crippen molar-refractivity contribution in [3.63, 3.8) is 0 Å². The minimum atomic E-state index is -0.765. The standard InChI is InChI=1S/C19H15FN2O5/c1-2-5-21-11-7-10(9(20)6-14(11)26-8-15(21)23)22-18(24)16-12-3-4-13(27-12)17(16)19(22)25/h1,6-7,12-13,16-17H,3-5,8H2. The molecule has 0 spiro atoms. The van der Waals surface area contributed by atoms with Crippen LogP contribution in [0.2, 0.25) is 0 Å². The molecule has 3 amide bonds. The van der Waals surface area contributed by atoms with Crippen LogP contribution in [0.25, 0.3) is 0 Å². The van der Waals surface area contributed by atoms with E-state index in [9.17, 15) is 18.8 Å². The molecule has 3 fully saturated rings. The minimum Gasteiger partial charge on any atom is -0.481 e. The molecule has 27 heavy (non-hydrogen) atoms. The van der Waals surface area contributed by atoms with Crippen molar-refractivity contribution < 1.29 is 28.2 Å². The van der Waals surface area contributed by atoms with E-state index in [1.165, 1.54) is 11.0 Å². The summed E-state index contributed by atoms with van der Waals surface area (Å²) >= 11 is 0. The number of anilines is 2. The highest BCUT2D eigenvalue weighted by Gasteiger charge is 2.63. The Morgan fingerprint density at radius 2 is 1.78 bits per heavy atom. The van der Waals surface area contributed by atoms with Crippen LogP contribution in [0.15, 0.2) is 12.1 Å². The molecule has 4 heterocycles. The Labute approximate surface area is 154 Å². The maximum atomic E-state index is 14.8. The number of amides is 3. The first-order chi connectivity index (χ1) is 13.0. The first-order valence-electron chi connectivity index (χ1n) is 8.74. The topological polar surface area (TPSA) is 76.2 Å². The number of rotatable bonds is 2. The van der Waals surface area contributed by atoms with Crippen LogP contribution in [0.1, 0.15) is 12.8 Å². The molecule has 0 aliphatic carbocycles. The number of hydrogen-bond acceptors (Lipinski definition) is 5. The van der Waals surface area contributed by atoms with Crippen LogP contribution in [0, 0.1) is 30.0 Å². The van der Waals surface area contributed by atoms with E-state index in [0.29, 0.717) is 0 Å². The highest BCUT2D eigenvalue weighted by Crippen LogP contribution is 2.50. The van der Waals surface area contributed by atoms with E-state index < -0.39 is 29.5 Å². The number of benzene rings is 1. The molecule has 2 bridgehead atoms. The second kappa shape index (κ2) is 5.54. The molecule has 0 saturated carbocycles. The third-order valence-corrected chi connectivity index (χ3v) is 5.75. The second-order valence-corrected chi connectivity index (χ2v) is 7.10. The molecule has 0 radical (unpaired) electrons. The number of imide groups is 1. The van der Waals surface area contributed by atoms with Gasteiger partial charge in [-0.2, -0.15) is 0 Å². The maximum absolute atomic E-state index is 14.8. The van der Waals surface area contributed by atoms with Gasteiger partial charge in [-0.15, -0.1) is 6.42 Å². The number of carbonyl (C=O) groups excluding carboxylic acids is 3. The monoisotopic (exact) mass is 370 g/mol. The summed E-state index contributed by atoms with van der Waals surface area (Å²) in [4.78, 5) is 40.1. The van der Waals surface area contributed by atoms with Gasteiger partial charge in [-0.3, -0.25) is 19.3 Å². The lowest BCUT2D eigenvalue weighted by Crippen LogP contribution is -2.40. The summed E-state index contributed by atoms with van der Waals surface area (Å²) in [6, 6.07) is 2.37. The maximum Gasteiger partial charge on any atom is 0.265 e. The van der Waals surface area contributed by atoms with E-state index in [-0.39, 0.29) is 48.4 Å². The van der Waals surface area contributed by atoms with Crippen LogP contribution in [0.5, 0.6) is 5.75 Å². The summed E-state index contributed by atoms with van der Waals surface area (Å²) in [5.41, 5.74) is 0.0651. The quantitative estimate of drug-likeness (QED) is 0.570. The third kappa shape index (κ3) is 2.09. The average molecular weight is 370 g/mol. The largest absolute Gasteiger partial charge is 0.481 e. The van der Waals surface area contributed by atoms with E-state index >= 15 is 0 Å². The van der Waals surface area contributed by atoms with Gasteiger partial charge in [0, 0.05) is 6.07 Å². The molecule has 4 unspecified atom stereocenters. The molecule has 1 aromatic rings. The average Bonchev–Trinajstić information content (AvgIpc) is 3.32. The Kier molecular flexibility index (Phi) is 3.34. The lowest BCUT2D eigenvalue weighted by Gasteiger charge is -2.29. The van der Waals surface area contributed by atoms with Crippen LogP contribution >= 0.6 is 0 Å². The summed E-state index contributed by atoms with van der Waals surface area (Å²) in [5.74, 6) is -0.658. The molecule has 1 aromatic carbocycles. The van der Waals surface area contributed by atoms with Gasteiger partial charge in [0.25, 0.3) is 5.91 Å². The normalized spacial score (nSPS) is 31.0.